The zero-order valence-corrected chi connectivity index (χ0v) is 21.1. The number of amides is 3. The maximum absolute atomic E-state index is 14.5. The summed E-state index contributed by atoms with van der Waals surface area (Å²) in [5.41, 5.74) is 1.74. The average molecular weight is 565 g/mol. The first-order valence-electron chi connectivity index (χ1n) is 13.0. The zero-order chi connectivity index (χ0) is 28.3. The Hall–Kier alpha value is -3.97. The van der Waals surface area contributed by atoms with Crippen molar-refractivity contribution in [1.82, 2.24) is 29.7 Å². The number of likely N-dealkylation sites (tertiary alicyclic amines) is 2. The quantitative estimate of drug-likeness (QED) is 0.369. The van der Waals surface area contributed by atoms with Crippen molar-refractivity contribution in [2.45, 2.75) is 49.9 Å². The lowest BCUT2D eigenvalue weighted by molar-refractivity contribution is -0.162. The lowest BCUT2D eigenvalue weighted by Crippen LogP contribution is -2.54. The van der Waals surface area contributed by atoms with E-state index >= 15 is 0 Å². The maximum atomic E-state index is 14.5. The van der Waals surface area contributed by atoms with Gasteiger partial charge in [-0.3, -0.25) is 9.36 Å². The summed E-state index contributed by atoms with van der Waals surface area (Å²) in [6, 6.07) is 3.33. The molecule has 0 spiro atoms. The third-order valence-corrected chi connectivity index (χ3v) is 7.94. The van der Waals surface area contributed by atoms with Gasteiger partial charge in [-0.05, 0) is 43.4 Å². The van der Waals surface area contributed by atoms with Gasteiger partial charge in [0.15, 0.2) is 17.3 Å². The highest BCUT2D eigenvalue weighted by Crippen LogP contribution is 2.35. The Morgan fingerprint density at radius 3 is 2.58 bits per heavy atom. The molecule has 212 valence electrons. The van der Waals surface area contributed by atoms with E-state index in [9.17, 15) is 36.3 Å². The van der Waals surface area contributed by atoms with Crippen molar-refractivity contribution in [1.29, 1.82) is 0 Å². The summed E-state index contributed by atoms with van der Waals surface area (Å²) in [4.78, 5) is 47.8. The minimum Gasteiger partial charge on any atom is -0.338 e. The number of pyridine rings is 1. The number of benzene rings is 1. The van der Waals surface area contributed by atoms with Crippen molar-refractivity contribution >= 4 is 34.0 Å². The second-order valence-corrected chi connectivity index (χ2v) is 10.5. The molecular formula is C26H25F5N6O3. The Labute approximate surface area is 223 Å². The van der Waals surface area contributed by atoms with Crippen LogP contribution in [0.15, 0.2) is 29.1 Å². The summed E-state index contributed by atoms with van der Waals surface area (Å²) >= 11 is 0. The second kappa shape index (κ2) is 9.59. The van der Waals surface area contributed by atoms with E-state index in [1.54, 1.807) is 4.57 Å². The lowest BCUT2D eigenvalue weighted by atomic mass is 9.93. The summed E-state index contributed by atoms with van der Waals surface area (Å²) in [7, 11) is 0. The van der Waals surface area contributed by atoms with Crippen molar-refractivity contribution in [2.75, 3.05) is 26.2 Å². The number of halogens is 5. The van der Waals surface area contributed by atoms with Gasteiger partial charge in [0.2, 0.25) is 5.91 Å². The van der Waals surface area contributed by atoms with E-state index in [2.05, 4.69) is 15.3 Å². The van der Waals surface area contributed by atoms with Crippen LogP contribution in [0.4, 0.5) is 26.7 Å². The van der Waals surface area contributed by atoms with Gasteiger partial charge in [0, 0.05) is 37.0 Å². The van der Waals surface area contributed by atoms with Crippen LogP contribution in [-0.2, 0) is 4.79 Å². The predicted octanol–water partition coefficient (Wildman–Crippen LogP) is 3.72. The number of aromatic amines is 1. The van der Waals surface area contributed by atoms with Gasteiger partial charge in [-0.15, -0.1) is 0 Å². The highest BCUT2D eigenvalue weighted by atomic mass is 19.4. The molecular weight excluding hydrogens is 539 g/mol. The number of nitrogens with zero attached hydrogens (tertiary/aromatic N) is 4. The van der Waals surface area contributed by atoms with E-state index in [-0.39, 0.29) is 43.2 Å². The molecule has 2 aromatic heterocycles. The monoisotopic (exact) mass is 564 g/mol. The van der Waals surface area contributed by atoms with Crippen molar-refractivity contribution in [2.24, 2.45) is 0 Å². The number of hydrogen-bond acceptors (Lipinski definition) is 4. The van der Waals surface area contributed by atoms with Gasteiger partial charge >= 0.3 is 17.9 Å². The fourth-order valence-corrected chi connectivity index (χ4v) is 5.94. The van der Waals surface area contributed by atoms with E-state index in [1.807, 2.05) is 6.07 Å². The molecule has 2 N–H and O–H groups in total. The highest BCUT2D eigenvalue weighted by molar-refractivity contribution is 6.14. The summed E-state index contributed by atoms with van der Waals surface area (Å²) in [6.07, 6.45) is -3.80. The molecule has 6 rings (SSSR count). The molecule has 0 aliphatic carbocycles. The topological polar surface area (TPSA) is 103 Å². The Morgan fingerprint density at radius 2 is 1.85 bits per heavy atom. The number of carbonyl (C=O) groups is 2. The Morgan fingerprint density at radius 1 is 1.10 bits per heavy atom. The first kappa shape index (κ1) is 26.3. The number of aromatic nitrogens is 3. The molecule has 40 heavy (non-hydrogen) atoms. The minimum absolute atomic E-state index is 0.0440. The Balaban J connectivity index is 1.14. The van der Waals surface area contributed by atoms with E-state index in [0.717, 1.165) is 22.5 Å². The van der Waals surface area contributed by atoms with Crippen LogP contribution in [0.2, 0.25) is 0 Å². The van der Waals surface area contributed by atoms with Gasteiger partial charge in [-0.2, -0.15) is 18.2 Å². The first-order chi connectivity index (χ1) is 19.0. The molecule has 0 bridgehead atoms. The van der Waals surface area contributed by atoms with Crippen LogP contribution >= 0.6 is 0 Å². The number of alkyl halides is 3. The number of nitrogens with one attached hydrogen (secondary N) is 2. The van der Waals surface area contributed by atoms with Crippen LogP contribution in [0.1, 0.15) is 43.2 Å². The third kappa shape index (κ3) is 4.79. The Bertz CT molecular complexity index is 1610. The number of rotatable bonds is 4. The Kier molecular flexibility index (Phi) is 6.30. The smallest absolute Gasteiger partial charge is 0.338 e. The minimum atomic E-state index is -4.72. The van der Waals surface area contributed by atoms with Crippen molar-refractivity contribution in [3.05, 3.63) is 51.9 Å². The van der Waals surface area contributed by atoms with Crippen molar-refractivity contribution in [3.8, 4) is 0 Å². The fraction of sp³-hybridized carbons (Fsp3) is 0.462. The molecule has 2 aromatic carbocycles. The number of hydrogen-bond donors (Lipinski definition) is 2. The molecule has 0 radical (unpaired) electrons. The van der Waals surface area contributed by atoms with Gasteiger partial charge in [-0.1, -0.05) is 12.1 Å². The molecule has 2 atom stereocenters. The third-order valence-electron chi connectivity index (χ3n) is 7.94. The molecule has 9 nitrogen and oxygen atoms in total. The van der Waals surface area contributed by atoms with Crippen LogP contribution in [0.3, 0.4) is 0 Å². The SMILES string of the molecule is O=C(N[C@@H]1CCC(c2cccc(F)c2F)CN(CC(F)(F)F)C1=O)N1CCC(n2c(=O)nc3[nH]c4cc4c32)CC1. The fourth-order valence-electron chi connectivity index (χ4n) is 5.94. The number of fused-ring (bicyclic) bond motifs is 3. The van der Waals surface area contributed by atoms with Gasteiger partial charge in [0.05, 0.1) is 11.0 Å². The number of H-pyrrole nitrogens is 1. The zero-order valence-electron chi connectivity index (χ0n) is 21.1. The summed E-state index contributed by atoms with van der Waals surface area (Å²) in [6.45, 7) is -1.52. The summed E-state index contributed by atoms with van der Waals surface area (Å²) in [5.74, 6) is -4.10. The van der Waals surface area contributed by atoms with Gasteiger partial charge < -0.3 is 20.1 Å². The summed E-state index contributed by atoms with van der Waals surface area (Å²) in [5, 5.41) is 3.52. The standard InChI is InChI=1S/C26H25F5N6O3/c27-17-3-1-2-15(20(17)28)13-4-5-18(23(38)36(11-13)12-26(29,30)31)33-24(39)35-8-6-14(7-9-35)37-21-16-10-19(16)32-22(21)34-25(37)40/h1-3,10,13-14,18H,4-9,11-12H2,(H,33,39)(H,32,34,40)/t13?,18-/m1/s1. The largest absolute Gasteiger partial charge is 0.406 e. The van der Waals surface area contributed by atoms with Crippen molar-refractivity contribution in [3.63, 3.8) is 0 Å². The lowest BCUT2D eigenvalue weighted by Gasteiger charge is -2.34. The highest BCUT2D eigenvalue weighted by Gasteiger charge is 2.40. The van der Waals surface area contributed by atoms with Crippen LogP contribution in [-0.4, -0.2) is 74.7 Å². The number of piperidine rings is 1. The second-order valence-electron chi connectivity index (χ2n) is 10.5. The molecule has 2 fully saturated rings. The number of carbonyl (C=O) groups excluding carboxylic acids is 2. The first-order valence-corrected chi connectivity index (χ1v) is 13.0. The number of imidazole rings is 1. The molecule has 4 aromatic rings. The van der Waals surface area contributed by atoms with Crippen LogP contribution in [0.5, 0.6) is 0 Å². The maximum Gasteiger partial charge on any atom is 0.406 e. The van der Waals surface area contributed by atoms with E-state index in [4.69, 9.17) is 0 Å². The molecule has 0 saturated carbocycles. The number of urea groups is 1. The molecule has 4 heterocycles. The van der Waals surface area contributed by atoms with E-state index in [0.29, 0.717) is 23.4 Å². The van der Waals surface area contributed by atoms with Gasteiger partial charge in [-0.25, -0.2) is 18.4 Å². The normalized spacial score (nSPS) is 21.6. The van der Waals surface area contributed by atoms with E-state index in [1.165, 1.54) is 17.0 Å². The average Bonchev–Trinajstić information content (AvgIpc) is 3.49. The molecule has 14 heteroatoms. The van der Waals surface area contributed by atoms with Gasteiger partial charge in [0.25, 0.3) is 0 Å². The molecule has 2 aliphatic rings. The molecule has 2 aliphatic heterocycles. The molecule has 1 unspecified atom stereocenters. The van der Waals surface area contributed by atoms with Crippen LogP contribution in [0.25, 0.3) is 22.1 Å². The van der Waals surface area contributed by atoms with Crippen LogP contribution < -0.4 is 11.0 Å². The molecule has 3 amide bonds. The summed E-state index contributed by atoms with van der Waals surface area (Å²) < 4.78 is 69.9. The van der Waals surface area contributed by atoms with Gasteiger partial charge in [0.1, 0.15) is 12.6 Å². The van der Waals surface area contributed by atoms with E-state index < -0.39 is 54.8 Å². The van der Waals surface area contributed by atoms with Crippen LogP contribution in [0, 0.1) is 11.6 Å². The van der Waals surface area contributed by atoms with Crippen molar-refractivity contribution < 1.29 is 31.5 Å². The predicted molar refractivity (Wildman–Crippen MR) is 133 cm³/mol. The molecule has 2 saturated heterocycles.